The molecule has 1 atom stereocenters. The van der Waals surface area contributed by atoms with Crippen LogP contribution >= 0.6 is 12.4 Å². The highest BCUT2D eigenvalue weighted by Gasteiger charge is 2.28. The molecule has 0 aromatic heterocycles. The smallest absolute Gasteiger partial charge is 0.229 e. The van der Waals surface area contributed by atoms with Crippen LogP contribution in [0.5, 0.6) is 0 Å². The predicted octanol–water partition coefficient (Wildman–Crippen LogP) is 3.20. The molecule has 2 rings (SSSR count). The van der Waals surface area contributed by atoms with Gasteiger partial charge in [-0.3, -0.25) is 9.59 Å². The van der Waals surface area contributed by atoms with Crippen molar-refractivity contribution in [1.29, 1.82) is 0 Å². The molecule has 1 aromatic carbocycles. The lowest BCUT2D eigenvalue weighted by Crippen LogP contribution is -2.43. The summed E-state index contributed by atoms with van der Waals surface area (Å²) in [6.07, 6.45) is 3.16. The molecule has 1 aliphatic rings. The number of anilines is 1. The van der Waals surface area contributed by atoms with Crippen LogP contribution in [-0.2, 0) is 16.1 Å². The molecule has 0 radical (unpaired) electrons. The number of rotatable bonds is 7. The summed E-state index contributed by atoms with van der Waals surface area (Å²) >= 11 is 0. The van der Waals surface area contributed by atoms with Crippen LogP contribution in [0.3, 0.4) is 0 Å². The number of nitrogens with zero attached hydrogens (tertiary/aromatic N) is 1. The van der Waals surface area contributed by atoms with E-state index in [1.807, 2.05) is 36.1 Å². The summed E-state index contributed by atoms with van der Waals surface area (Å²) < 4.78 is 0. The van der Waals surface area contributed by atoms with Gasteiger partial charge in [-0.05, 0) is 37.4 Å². The number of hydrogen-bond acceptors (Lipinski definition) is 3. The molecular weight excluding hydrogens is 338 g/mol. The molecule has 1 saturated heterocycles. The van der Waals surface area contributed by atoms with Gasteiger partial charge in [0.1, 0.15) is 0 Å². The lowest BCUT2D eigenvalue weighted by atomic mass is 9.96. The Kier molecular flexibility index (Phi) is 9.53. The normalized spacial score (nSPS) is 16.9. The summed E-state index contributed by atoms with van der Waals surface area (Å²) in [6, 6.07) is 7.88. The van der Waals surface area contributed by atoms with E-state index in [0.29, 0.717) is 13.0 Å². The lowest BCUT2D eigenvalue weighted by molar-refractivity contribution is -0.134. The molecule has 1 fully saturated rings. The van der Waals surface area contributed by atoms with E-state index in [-0.39, 0.29) is 30.1 Å². The molecule has 5 nitrogen and oxygen atoms in total. The van der Waals surface area contributed by atoms with Crippen molar-refractivity contribution in [3.05, 3.63) is 29.8 Å². The second-order valence-corrected chi connectivity index (χ2v) is 6.36. The van der Waals surface area contributed by atoms with Crippen molar-refractivity contribution in [3.8, 4) is 0 Å². The van der Waals surface area contributed by atoms with Crippen molar-refractivity contribution >= 4 is 29.9 Å². The highest BCUT2D eigenvalue weighted by atomic mass is 35.5. The van der Waals surface area contributed by atoms with Crippen molar-refractivity contribution < 1.29 is 9.59 Å². The van der Waals surface area contributed by atoms with Crippen LogP contribution < -0.4 is 10.6 Å². The van der Waals surface area contributed by atoms with Gasteiger partial charge in [0.15, 0.2) is 0 Å². The van der Waals surface area contributed by atoms with Crippen LogP contribution in [0.2, 0.25) is 0 Å². The van der Waals surface area contributed by atoms with Gasteiger partial charge in [-0.25, -0.2) is 0 Å². The average molecular weight is 368 g/mol. The van der Waals surface area contributed by atoms with E-state index in [9.17, 15) is 9.59 Å². The number of piperidine rings is 1. The molecular formula is C19H30ClN3O2. The first-order valence-corrected chi connectivity index (χ1v) is 9.03. The number of hydrogen-bond donors (Lipinski definition) is 2. The standard InChI is InChI=1S/C19H29N3O2.ClH/c1-3-8-18(23)22-12-7-10-16(14-22)19(24)21-17-11-6-5-9-15(17)13-20-4-2;/h5-6,9,11,16,20H,3-4,7-8,10,12-14H2,1-2H3,(H,21,24);1H. The number of carbonyl (C=O) groups excluding carboxylic acids is 2. The third-order valence-electron chi connectivity index (χ3n) is 4.45. The summed E-state index contributed by atoms with van der Waals surface area (Å²) in [5.74, 6) is 0.0715. The van der Waals surface area contributed by atoms with E-state index in [0.717, 1.165) is 50.1 Å². The minimum atomic E-state index is -0.119. The number of carbonyl (C=O) groups is 2. The van der Waals surface area contributed by atoms with Gasteiger partial charge >= 0.3 is 0 Å². The Morgan fingerprint density at radius 1 is 1.24 bits per heavy atom. The molecule has 0 aliphatic carbocycles. The van der Waals surface area contributed by atoms with Crippen LogP contribution in [-0.4, -0.2) is 36.3 Å². The van der Waals surface area contributed by atoms with Gasteiger partial charge in [-0.15, -0.1) is 12.4 Å². The lowest BCUT2D eigenvalue weighted by Gasteiger charge is -2.32. The Morgan fingerprint density at radius 3 is 2.72 bits per heavy atom. The maximum absolute atomic E-state index is 12.7. The number of nitrogens with one attached hydrogen (secondary N) is 2. The van der Waals surface area contributed by atoms with E-state index in [1.54, 1.807) is 0 Å². The molecule has 6 heteroatoms. The SMILES string of the molecule is CCCC(=O)N1CCCC(C(=O)Nc2ccccc2CNCC)C1.Cl. The van der Waals surface area contributed by atoms with Crippen molar-refractivity contribution in [1.82, 2.24) is 10.2 Å². The van der Waals surface area contributed by atoms with Crippen LogP contribution in [0.25, 0.3) is 0 Å². The molecule has 0 bridgehead atoms. The highest BCUT2D eigenvalue weighted by Crippen LogP contribution is 2.21. The van der Waals surface area contributed by atoms with Crippen molar-refractivity contribution in [2.24, 2.45) is 5.92 Å². The fourth-order valence-corrected chi connectivity index (χ4v) is 3.08. The zero-order valence-corrected chi connectivity index (χ0v) is 16.0. The second kappa shape index (κ2) is 11.1. The summed E-state index contributed by atoms with van der Waals surface area (Å²) in [5, 5.41) is 6.35. The molecule has 0 saturated carbocycles. The first kappa shape index (κ1) is 21.5. The van der Waals surface area contributed by atoms with Gasteiger partial charge in [0.2, 0.25) is 11.8 Å². The first-order chi connectivity index (χ1) is 11.7. The molecule has 25 heavy (non-hydrogen) atoms. The maximum atomic E-state index is 12.7. The minimum Gasteiger partial charge on any atom is -0.342 e. The Labute approximate surface area is 157 Å². The fourth-order valence-electron chi connectivity index (χ4n) is 3.08. The molecule has 1 aromatic rings. The number of para-hydroxylation sites is 1. The monoisotopic (exact) mass is 367 g/mol. The topological polar surface area (TPSA) is 61.4 Å². The zero-order chi connectivity index (χ0) is 17.4. The molecule has 2 amide bonds. The van der Waals surface area contributed by atoms with Gasteiger partial charge in [0.25, 0.3) is 0 Å². The van der Waals surface area contributed by atoms with Gasteiger partial charge in [-0.1, -0.05) is 32.0 Å². The number of halogens is 1. The van der Waals surface area contributed by atoms with Crippen molar-refractivity contribution in [3.63, 3.8) is 0 Å². The van der Waals surface area contributed by atoms with E-state index >= 15 is 0 Å². The van der Waals surface area contributed by atoms with Crippen LogP contribution in [0.15, 0.2) is 24.3 Å². The molecule has 0 spiro atoms. The van der Waals surface area contributed by atoms with Gasteiger partial charge < -0.3 is 15.5 Å². The predicted molar refractivity (Wildman–Crippen MR) is 104 cm³/mol. The fraction of sp³-hybridized carbons (Fsp3) is 0.579. The van der Waals surface area contributed by atoms with Crippen LogP contribution in [0.1, 0.15) is 45.1 Å². The van der Waals surface area contributed by atoms with Crippen molar-refractivity contribution in [2.45, 2.75) is 46.1 Å². The Bertz CT molecular complexity index is 565. The quantitative estimate of drug-likeness (QED) is 0.778. The molecule has 1 aliphatic heterocycles. The van der Waals surface area contributed by atoms with Crippen LogP contribution in [0.4, 0.5) is 5.69 Å². The summed E-state index contributed by atoms with van der Waals surface area (Å²) in [4.78, 5) is 26.6. The summed E-state index contributed by atoms with van der Waals surface area (Å²) in [7, 11) is 0. The van der Waals surface area contributed by atoms with Gasteiger partial charge in [-0.2, -0.15) is 0 Å². The highest BCUT2D eigenvalue weighted by molar-refractivity contribution is 5.93. The minimum absolute atomic E-state index is 0. The molecule has 1 unspecified atom stereocenters. The number of likely N-dealkylation sites (tertiary alicyclic amines) is 1. The molecule has 140 valence electrons. The maximum Gasteiger partial charge on any atom is 0.229 e. The van der Waals surface area contributed by atoms with Crippen molar-refractivity contribution in [2.75, 3.05) is 25.0 Å². The zero-order valence-electron chi connectivity index (χ0n) is 15.2. The Morgan fingerprint density at radius 2 is 2.00 bits per heavy atom. The Balaban J connectivity index is 0.00000312. The summed E-state index contributed by atoms with van der Waals surface area (Å²) in [6.45, 7) is 7.01. The third kappa shape index (κ3) is 6.33. The largest absolute Gasteiger partial charge is 0.342 e. The molecule has 1 heterocycles. The van der Waals surface area contributed by atoms with Crippen LogP contribution in [0, 0.1) is 5.92 Å². The van der Waals surface area contributed by atoms with Gasteiger partial charge in [0, 0.05) is 31.7 Å². The van der Waals surface area contributed by atoms with E-state index in [2.05, 4.69) is 17.6 Å². The van der Waals surface area contributed by atoms with E-state index < -0.39 is 0 Å². The third-order valence-corrected chi connectivity index (χ3v) is 4.45. The van der Waals surface area contributed by atoms with E-state index in [1.165, 1.54) is 0 Å². The number of benzene rings is 1. The van der Waals surface area contributed by atoms with E-state index in [4.69, 9.17) is 0 Å². The number of amides is 2. The van der Waals surface area contributed by atoms with Gasteiger partial charge in [0.05, 0.1) is 5.92 Å². The molecule has 2 N–H and O–H groups in total. The Hall–Kier alpha value is -1.59. The summed E-state index contributed by atoms with van der Waals surface area (Å²) in [5.41, 5.74) is 1.95. The second-order valence-electron chi connectivity index (χ2n) is 6.36. The average Bonchev–Trinajstić information content (AvgIpc) is 2.61. The first-order valence-electron chi connectivity index (χ1n) is 9.03.